The summed E-state index contributed by atoms with van der Waals surface area (Å²) in [5, 5.41) is 17.9. The second-order valence-corrected chi connectivity index (χ2v) is 11.5. The highest BCUT2D eigenvalue weighted by molar-refractivity contribution is 6.09. The van der Waals surface area contributed by atoms with Crippen molar-refractivity contribution in [3.8, 4) is 11.3 Å². The zero-order valence-corrected chi connectivity index (χ0v) is 24.5. The third-order valence-corrected chi connectivity index (χ3v) is 7.34. The molecule has 9 heteroatoms. The number of amides is 2. The van der Waals surface area contributed by atoms with E-state index in [9.17, 15) is 14.7 Å². The number of carbonyl (C=O) groups is 2. The van der Waals surface area contributed by atoms with Gasteiger partial charge in [0.15, 0.2) is 0 Å². The van der Waals surface area contributed by atoms with Crippen LogP contribution in [0.25, 0.3) is 33.2 Å². The van der Waals surface area contributed by atoms with Gasteiger partial charge in [0.2, 0.25) is 0 Å². The van der Waals surface area contributed by atoms with E-state index in [1.807, 2.05) is 87.5 Å². The number of anilines is 3. The van der Waals surface area contributed by atoms with Crippen LogP contribution in [0, 0.1) is 0 Å². The highest BCUT2D eigenvalue weighted by Gasteiger charge is 2.26. The lowest BCUT2D eigenvalue weighted by atomic mass is 10.0. The van der Waals surface area contributed by atoms with Crippen molar-refractivity contribution in [2.24, 2.45) is 0 Å². The third-order valence-electron chi connectivity index (χ3n) is 7.34. The van der Waals surface area contributed by atoms with Crippen LogP contribution in [0.4, 0.5) is 22.0 Å². The number of nitrogens with zero attached hydrogens (tertiary/aromatic N) is 3. The van der Waals surface area contributed by atoms with E-state index in [2.05, 4.69) is 20.6 Å². The number of rotatable bonds is 7. The average Bonchev–Trinajstić information content (AvgIpc) is 3.39. The number of hydrogen-bond acceptors (Lipinski definition) is 6. The molecule has 9 nitrogen and oxygen atoms in total. The van der Waals surface area contributed by atoms with Gasteiger partial charge in [-0.2, -0.15) is 0 Å². The molecule has 0 saturated carbocycles. The first-order chi connectivity index (χ1) is 21.2. The number of furan rings is 1. The van der Waals surface area contributed by atoms with Gasteiger partial charge < -0.3 is 20.2 Å². The van der Waals surface area contributed by atoms with Crippen molar-refractivity contribution in [3.63, 3.8) is 0 Å². The van der Waals surface area contributed by atoms with Crippen LogP contribution in [0.15, 0.2) is 108 Å². The number of carbonyl (C=O) groups excluding carboxylic acids is 1. The molecule has 0 aliphatic heterocycles. The summed E-state index contributed by atoms with van der Waals surface area (Å²) < 4.78 is 6.18. The van der Waals surface area contributed by atoms with E-state index < -0.39 is 11.6 Å². The summed E-state index contributed by atoms with van der Waals surface area (Å²) in [7, 11) is 0. The van der Waals surface area contributed by atoms with Crippen LogP contribution in [0.5, 0.6) is 0 Å². The molecule has 6 aromatic rings. The first-order valence-corrected chi connectivity index (χ1v) is 14.2. The van der Waals surface area contributed by atoms with Gasteiger partial charge in [0.25, 0.3) is 5.91 Å². The maximum atomic E-state index is 13.0. The summed E-state index contributed by atoms with van der Waals surface area (Å²) in [6, 6.07) is 30.1. The molecule has 0 radical (unpaired) electrons. The van der Waals surface area contributed by atoms with Crippen LogP contribution in [-0.2, 0) is 6.54 Å². The molecule has 6 rings (SSSR count). The number of benzene rings is 4. The fraction of sp³-hybridized carbons (Fsp3) is 0.143. The molecule has 0 fully saturated rings. The van der Waals surface area contributed by atoms with E-state index >= 15 is 0 Å². The Morgan fingerprint density at radius 3 is 2.34 bits per heavy atom. The van der Waals surface area contributed by atoms with Gasteiger partial charge in [0.1, 0.15) is 23.3 Å². The van der Waals surface area contributed by atoms with Crippen LogP contribution in [0.3, 0.4) is 0 Å². The molecule has 0 unspecified atom stereocenters. The SMILES string of the molecule is CC(C)(C)N(Cc1ccc(C(=O)Nc2cccc(Nc3cc(-c4cccc5c4oc4ccccc45)ncn3)c2)cc1)C(=O)O. The van der Waals surface area contributed by atoms with Crippen molar-refractivity contribution >= 4 is 51.1 Å². The first-order valence-electron chi connectivity index (χ1n) is 14.2. The second kappa shape index (κ2) is 11.5. The number of aromatic nitrogens is 2. The minimum atomic E-state index is -0.991. The molecule has 0 saturated heterocycles. The number of nitrogens with one attached hydrogen (secondary N) is 2. The molecule has 44 heavy (non-hydrogen) atoms. The minimum absolute atomic E-state index is 0.229. The van der Waals surface area contributed by atoms with Crippen LogP contribution in [0.2, 0.25) is 0 Å². The average molecular weight is 586 g/mol. The molecule has 0 bridgehead atoms. The largest absolute Gasteiger partial charge is 0.465 e. The quantitative estimate of drug-likeness (QED) is 0.172. The van der Waals surface area contributed by atoms with Crippen LogP contribution in [-0.4, -0.2) is 37.5 Å². The van der Waals surface area contributed by atoms with Crippen molar-refractivity contribution in [3.05, 3.63) is 115 Å². The number of hydrogen-bond donors (Lipinski definition) is 3. The molecule has 4 aromatic carbocycles. The fourth-order valence-electron chi connectivity index (χ4n) is 5.08. The van der Waals surface area contributed by atoms with Gasteiger partial charge >= 0.3 is 6.09 Å². The lowest BCUT2D eigenvalue weighted by Crippen LogP contribution is -2.44. The van der Waals surface area contributed by atoms with Gasteiger partial charge in [0.05, 0.1) is 5.69 Å². The Kier molecular flexibility index (Phi) is 7.45. The molecular weight excluding hydrogens is 554 g/mol. The smallest absolute Gasteiger partial charge is 0.408 e. The normalized spacial score (nSPS) is 11.4. The Bertz CT molecular complexity index is 1990. The van der Waals surface area contributed by atoms with Gasteiger partial charge in [0, 0.05) is 51.4 Å². The van der Waals surface area contributed by atoms with E-state index in [0.29, 0.717) is 22.8 Å². The third kappa shape index (κ3) is 5.94. The highest BCUT2D eigenvalue weighted by atomic mass is 16.4. The van der Waals surface area contributed by atoms with Gasteiger partial charge in [-0.3, -0.25) is 9.69 Å². The lowest BCUT2D eigenvalue weighted by molar-refractivity contribution is 0.0953. The van der Waals surface area contributed by atoms with Crippen LogP contribution >= 0.6 is 0 Å². The zero-order valence-electron chi connectivity index (χ0n) is 24.5. The molecule has 2 amide bonds. The Hall–Kier alpha value is -5.70. The summed E-state index contributed by atoms with van der Waals surface area (Å²) in [6.07, 6.45) is 0.514. The van der Waals surface area contributed by atoms with E-state index in [1.165, 1.54) is 11.2 Å². The Morgan fingerprint density at radius 2 is 1.57 bits per heavy atom. The molecule has 2 aromatic heterocycles. The second-order valence-electron chi connectivity index (χ2n) is 11.5. The predicted molar refractivity (Wildman–Crippen MR) is 172 cm³/mol. The van der Waals surface area contributed by atoms with E-state index in [0.717, 1.165) is 38.8 Å². The van der Waals surface area contributed by atoms with Crippen LogP contribution < -0.4 is 10.6 Å². The molecule has 0 atom stereocenters. The molecule has 2 heterocycles. The van der Waals surface area contributed by atoms with E-state index in [1.54, 1.807) is 30.3 Å². The zero-order chi connectivity index (χ0) is 30.8. The molecule has 3 N–H and O–H groups in total. The van der Waals surface area contributed by atoms with E-state index in [4.69, 9.17) is 4.42 Å². The summed E-state index contributed by atoms with van der Waals surface area (Å²) >= 11 is 0. The van der Waals surface area contributed by atoms with E-state index in [-0.39, 0.29) is 12.5 Å². The maximum absolute atomic E-state index is 13.0. The fourth-order valence-corrected chi connectivity index (χ4v) is 5.08. The number of fused-ring (bicyclic) bond motifs is 3. The minimum Gasteiger partial charge on any atom is -0.465 e. The molecular formula is C35H31N5O4. The Labute approximate surface area is 254 Å². The summed E-state index contributed by atoms with van der Waals surface area (Å²) in [4.78, 5) is 34.9. The molecule has 0 aliphatic rings. The molecule has 220 valence electrons. The number of para-hydroxylation sites is 2. The standard InChI is InChI=1S/C35H31N5O4/c1-35(2,3)40(34(42)43)20-22-14-16-23(17-15-22)33(41)39-25-9-6-8-24(18-25)38-31-19-29(36-21-37-31)28-12-7-11-27-26-10-4-5-13-30(26)44-32(27)28/h4-19,21H,20H2,1-3H3,(H,39,41)(H,42,43)(H,36,37,38). The topological polar surface area (TPSA) is 121 Å². The van der Waals surface area contributed by atoms with Gasteiger partial charge in [-0.25, -0.2) is 14.8 Å². The lowest BCUT2D eigenvalue weighted by Gasteiger charge is -2.33. The summed E-state index contributed by atoms with van der Waals surface area (Å²) in [5.74, 6) is 0.315. The van der Waals surface area contributed by atoms with Crippen molar-refractivity contribution in [2.45, 2.75) is 32.9 Å². The monoisotopic (exact) mass is 585 g/mol. The van der Waals surface area contributed by atoms with Gasteiger partial charge in [-0.05, 0) is 68.8 Å². The van der Waals surface area contributed by atoms with Crippen molar-refractivity contribution < 1.29 is 19.1 Å². The van der Waals surface area contributed by atoms with Crippen molar-refractivity contribution in [1.29, 1.82) is 0 Å². The number of carboxylic acid groups (broad SMARTS) is 1. The van der Waals surface area contributed by atoms with Crippen LogP contribution in [0.1, 0.15) is 36.7 Å². The Balaban J connectivity index is 1.16. The summed E-state index contributed by atoms with van der Waals surface area (Å²) in [5.41, 5.74) is 5.23. The van der Waals surface area contributed by atoms with Gasteiger partial charge in [-0.1, -0.05) is 48.5 Å². The Morgan fingerprint density at radius 1 is 0.841 bits per heavy atom. The highest BCUT2D eigenvalue weighted by Crippen LogP contribution is 2.35. The maximum Gasteiger partial charge on any atom is 0.408 e. The predicted octanol–water partition coefficient (Wildman–Crippen LogP) is 8.32. The molecule has 0 spiro atoms. The van der Waals surface area contributed by atoms with Crippen molar-refractivity contribution in [2.75, 3.05) is 10.6 Å². The summed E-state index contributed by atoms with van der Waals surface area (Å²) in [6.45, 7) is 5.77. The van der Waals surface area contributed by atoms with Crippen molar-refractivity contribution in [1.82, 2.24) is 14.9 Å². The molecule has 0 aliphatic carbocycles. The first kappa shape index (κ1) is 28.4. The van der Waals surface area contributed by atoms with Gasteiger partial charge in [-0.15, -0.1) is 0 Å².